The highest BCUT2D eigenvalue weighted by Crippen LogP contribution is 2.47. The smallest absolute Gasteiger partial charge is 0.311 e. The van der Waals surface area contributed by atoms with Crippen LogP contribution >= 0.6 is 7.60 Å². The van der Waals surface area contributed by atoms with Crippen LogP contribution in [0.25, 0.3) is 93.0 Å². The number of anilines is 6. The number of hydrogen-bond donors (Lipinski definition) is 0. The van der Waals surface area contributed by atoms with E-state index in [0.717, 1.165) is 40.4 Å². The molecule has 0 heterocycles. The highest BCUT2D eigenvalue weighted by atomic mass is 31.2. The number of nitrogens with zero attached hydrogens (tertiary/aromatic N) is 2. The van der Waals surface area contributed by atoms with E-state index in [9.17, 15) is 9.36 Å². The Morgan fingerprint density at radius 3 is 0.792 bits per heavy atom. The fourth-order valence-electron chi connectivity index (χ4n) is 12.9. The van der Waals surface area contributed by atoms with E-state index < -0.39 is 7.60 Å². The third-order valence-corrected chi connectivity index (χ3v) is 19.7. The molecule has 0 bridgehead atoms. The van der Waals surface area contributed by atoms with Crippen LogP contribution in [0.5, 0.6) is 0 Å². The number of allylic oxidation sites excluding steroid dienone is 1. The van der Waals surface area contributed by atoms with Crippen molar-refractivity contribution < 1.29 is 18.4 Å². The standard InChI is InChI=1S/2C24H16.C21H19N.C19H15NO.C6H15O3P/c2*1-2-8-17(9-3-1)18-14-15-23-21-12-5-4-10-19(21)20-11-6-7-13-22(20)24(23)16-18;1-2-9-18-14-16-21(17-15-18)22(19-10-5-3-6-11-19)20-12-7-4-8-13-20;21-15-16-11-13-19(14-12-16)20(17-7-3-1-4-8-17)18-9-5-2-6-10-18;1-4-8-10(7,6-3)9-5-2/h2*1-16H;2-17H,1H3;1-15H;4-6H2,1-3H3/b;;9-2+;;. The van der Waals surface area contributed by atoms with Crippen molar-refractivity contribution in [3.8, 4) is 22.3 Å². The van der Waals surface area contributed by atoms with Crippen molar-refractivity contribution in [2.75, 3.05) is 29.2 Å². The highest BCUT2D eigenvalue weighted by molar-refractivity contribution is 7.53. The first-order valence-corrected chi connectivity index (χ1v) is 36.2. The van der Waals surface area contributed by atoms with Gasteiger partial charge in [0.25, 0.3) is 0 Å². The Morgan fingerprint density at radius 2 is 0.525 bits per heavy atom. The van der Waals surface area contributed by atoms with Crippen molar-refractivity contribution >= 4 is 119 Å². The summed E-state index contributed by atoms with van der Waals surface area (Å²) in [5, 5.41) is 15.9. The molecule has 6 nitrogen and oxygen atoms in total. The molecular formula is C94H81N2O4P. The van der Waals surface area contributed by atoms with E-state index >= 15 is 0 Å². The van der Waals surface area contributed by atoms with Crippen molar-refractivity contribution in [2.24, 2.45) is 0 Å². The molecule has 16 aromatic carbocycles. The van der Waals surface area contributed by atoms with Gasteiger partial charge >= 0.3 is 7.60 Å². The van der Waals surface area contributed by atoms with Gasteiger partial charge in [0, 0.05) is 45.8 Å². The van der Waals surface area contributed by atoms with Crippen LogP contribution in [0, 0.1) is 0 Å². The lowest BCUT2D eigenvalue weighted by Crippen LogP contribution is -2.09. The Hall–Kier alpha value is -11.8. The Bertz CT molecular complexity index is 5060. The summed E-state index contributed by atoms with van der Waals surface area (Å²) < 4.78 is 21.2. The normalized spacial score (nSPS) is 11.0. The molecule has 0 fully saturated rings. The number of aldehydes is 1. The monoisotopic (exact) mass is 1330 g/mol. The van der Waals surface area contributed by atoms with E-state index in [-0.39, 0.29) is 0 Å². The number of carbonyl (C=O) groups is 1. The second-order valence-corrected chi connectivity index (χ2v) is 26.4. The number of fused-ring (bicyclic) bond motifs is 12. The molecular weight excluding hydrogens is 1250 g/mol. The maximum Gasteiger partial charge on any atom is 0.330 e. The van der Waals surface area contributed by atoms with Gasteiger partial charge in [-0.1, -0.05) is 286 Å². The summed E-state index contributed by atoms with van der Waals surface area (Å²) in [5.74, 6) is 0. The van der Waals surface area contributed by atoms with Crippen LogP contribution in [-0.4, -0.2) is 25.7 Å². The molecule has 0 aliphatic heterocycles. The SMILES string of the molecule is C/C=C/c1ccc(N(c2ccccc2)c2ccccc2)cc1.CCOP(=O)(CC)OCC.O=Cc1ccc(N(c2ccccc2)c2ccccc2)cc1.c1ccc(-c2ccc3c4ccccc4c4ccccc4c3c2)cc1.c1ccc(-c2ccc3c4ccccc4c4ccccc4c3c2)cc1. The summed E-state index contributed by atoms with van der Waals surface area (Å²) in [6.07, 6.45) is 5.48. The quantitative estimate of drug-likeness (QED) is 0.0579. The van der Waals surface area contributed by atoms with E-state index in [4.69, 9.17) is 9.05 Å². The molecule has 0 spiro atoms. The topological polar surface area (TPSA) is 59.1 Å². The van der Waals surface area contributed by atoms with E-state index in [0.29, 0.717) is 24.9 Å². The Kier molecular flexibility index (Phi) is 23.4. The summed E-state index contributed by atoms with van der Waals surface area (Å²) >= 11 is 0. The zero-order chi connectivity index (χ0) is 69.6. The van der Waals surface area contributed by atoms with E-state index in [1.54, 1.807) is 20.8 Å². The summed E-state index contributed by atoms with van der Waals surface area (Å²) in [4.78, 5) is 15.2. The molecule has 101 heavy (non-hydrogen) atoms. The Labute approximate surface area is 593 Å². The van der Waals surface area contributed by atoms with Crippen LogP contribution in [0.1, 0.15) is 43.6 Å². The molecule has 0 amide bonds. The van der Waals surface area contributed by atoms with Gasteiger partial charge in [0.15, 0.2) is 0 Å². The van der Waals surface area contributed by atoms with Crippen LogP contribution in [0.3, 0.4) is 0 Å². The average molecular weight is 1330 g/mol. The lowest BCUT2D eigenvalue weighted by Gasteiger charge is -2.25. The number of rotatable bonds is 15. The first kappa shape index (κ1) is 69.2. The minimum Gasteiger partial charge on any atom is -0.311 e. The maximum atomic E-state index is 11.3. The van der Waals surface area contributed by atoms with Gasteiger partial charge in [0.1, 0.15) is 6.29 Å². The minimum atomic E-state index is -2.70. The minimum absolute atomic E-state index is 0.450. The van der Waals surface area contributed by atoms with Crippen LogP contribution in [-0.2, 0) is 13.6 Å². The predicted molar refractivity (Wildman–Crippen MR) is 433 cm³/mol. The van der Waals surface area contributed by atoms with Crippen LogP contribution < -0.4 is 9.80 Å². The third kappa shape index (κ3) is 16.7. The van der Waals surface area contributed by atoms with Gasteiger partial charge in [-0.25, -0.2) is 0 Å². The number of para-hydroxylation sites is 4. The molecule has 0 N–H and O–H groups in total. The molecule has 16 rings (SSSR count). The van der Waals surface area contributed by atoms with Gasteiger partial charge in [0.2, 0.25) is 0 Å². The second-order valence-electron chi connectivity index (χ2n) is 24.0. The van der Waals surface area contributed by atoms with Gasteiger partial charge in [-0.15, -0.1) is 0 Å². The second kappa shape index (κ2) is 34.1. The first-order chi connectivity index (χ1) is 49.8. The maximum absolute atomic E-state index is 11.3. The average Bonchev–Trinajstić information content (AvgIpc) is 0.751. The van der Waals surface area contributed by atoms with E-state index in [1.807, 2.05) is 79.7 Å². The van der Waals surface area contributed by atoms with Crippen molar-refractivity contribution in [3.63, 3.8) is 0 Å². The van der Waals surface area contributed by atoms with Gasteiger partial charge in [-0.3, -0.25) is 9.36 Å². The fourth-order valence-corrected chi connectivity index (χ4v) is 14.1. The molecule has 0 saturated carbocycles. The predicted octanol–water partition coefficient (Wildman–Crippen LogP) is 27.1. The molecule has 0 aliphatic carbocycles. The molecule has 7 heteroatoms. The Balaban J connectivity index is 0.000000122. The molecule has 0 unspecified atom stereocenters. The van der Waals surface area contributed by atoms with Gasteiger partial charge in [0.05, 0.1) is 13.2 Å². The molecule has 0 aromatic heterocycles. The first-order valence-electron chi connectivity index (χ1n) is 34.5. The van der Waals surface area contributed by atoms with E-state index in [2.05, 4.69) is 313 Å². The summed E-state index contributed by atoms with van der Waals surface area (Å²) in [6, 6.07) is 127. The summed E-state index contributed by atoms with van der Waals surface area (Å²) in [6.45, 7) is 8.35. The van der Waals surface area contributed by atoms with Gasteiger partial charge in [-0.2, -0.15) is 0 Å². The molecule has 0 atom stereocenters. The lowest BCUT2D eigenvalue weighted by molar-refractivity contribution is 0.112. The number of carbonyl (C=O) groups excluding carboxylic acids is 1. The summed E-state index contributed by atoms with van der Waals surface area (Å²) in [5.41, 5.74) is 13.6. The molecule has 16 aromatic rings. The molecule has 0 aliphatic rings. The van der Waals surface area contributed by atoms with Crippen molar-refractivity contribution in [3.05, 3.63) is 381 Å². The number of hydrogen-bond acceptors (Lipinski definition) is 6. The molecule has 496 valence electrons. The lowest BCUT2D eigenvalue weighted by atomic mass is 9.92. The highest BCUT2D eigenvalue weighted by Gasteiger charge is 2.20. The summed E-state index contributed by atoms with van der Waals surface area (Å²) in [7, 11) is -2.70. The van der Waals surface area contributed by atoms with E-state index in [1.165, 1.54) is 92.5 Å². The van der Waals surface area contributed by atoms with Crippen molar-refractivity contribution in [2.45, 2.75) is 27.7 Å². The number of benzene rings is 16. The fraction of sp³-hybridized carbons (Fsp3) is 0.0745. The zero-order valence-electron chi connectivity index (χ0n) is 57.5. The molecule has 0 saturated heterocycles. The van der Waals surface area contributed by atoms with Crippen LogP contribution in [0.2, 0.25) is 0 Å². The van der Waals surface area contributed by atoms with Gasteiger partial charge in [-0.05, 0) is 210 Å². The van der Waals surface area contributed by atoms with Crippen LogP contribution in [0.15, 0.2) is 370 Å². The van der Waals surface area contributed by atoms with Crippen molar-refractivity contribution in [1.82, 2.24) is 0 Å². The largest absolute Gasteiger partial charge is 0.330 e. The Morgan fingerprint density at radius 1 is 0.277 bits per heavy atom. The molecule has 0 radical (unpaired) electrons. The zero-order valence-corrected chi connectivity index (χ0v) is 58.4. The van der Waals surface area contributed by atoms with Crippen LogP contribution in [0.4, 0.5) is 34.1 Å². The van der Waals surface area contributed by atoms with Gasteiger partial charge < -0.3 is 18.8 Å². The van der Waals surface area contributed by atoms with Crippen molar-refractivity contribution in [1.29, 1.82) is 0 Å². The third-order valence-electron chi connectivity index (χ3n) is 17.6.